The molecule has 0 amide bonds. The van der Waals surface area contributed by atoms with Crippen molar-refractivity contribution in [1.82, 2.24) is 0 Å². The summed E-state index contributed by atoms with van der Waals surface area (Å²) in [6.07, 6.45) is 5.21. The highest BCUT2D eigenvalue weighted by Gasteiger charge is 2.28. The minimum Gasteiger partial charge on any atom is -0.171 e. The van der Waals surface area contributed by atoms with Crippen LogP contribution in [-0.4, -0.2) is 6.18 Å². The third-order valence-electron chi connectivity index (χ3n) is 3.93. The largest absolute Gasteiger partial charge is 0.389 e. The normalized spacial score (nSPS) is 26.1. The maximum atomic E-state index is 12.1. The van der Waals surface area contributed by atoms with Crippen molar-refractivity contribution < 1.29 is 13.2 Å². The molecule has 0 aromatic heterocycles. The molecule has 1 aliphatic carbocycles. The third kappa shape index (κ3) is 6.95. The van der Waals surface area contributed by atoms with Crippen LogP contribution in [0.5, 0.6) is 0 Å². The summed E-state index contributed by atoms with van der Waals surface area (Å²) in [5.41, 5.74) is 0. The van der Waals surface area contributed by atoms with E-state index in [0.717, 1.165) is 18.8 Å². The highest BCUT2D eigenvalue weighted by atomic mass is 19.4. The Bertz CT molecular complexity index is 198. The summed E-state index contributed by atoms with van der Waals surface area (Å²) in [5, 5.41) is 0. The fourth-order valence-corrected chi connectivity index (χ4v) is 3.01. The van der Waals surface area contributed by atoms with Gasteiger partial charge in [0.05, 0.1) is 0 Å². The number of halogens is 3. The molecule has 1 fully saturated rings. The van der Waals surface area contributed by atoms with Gasteiger partial charge in [-0.05, 0) is 24.7 Å². The van der Waals surface area contributed by atoms with E-state index in [1.807, 2.05) is 0 Å². The number of unbranched alkanes of at least 4 members (excludes halogenated alkanes) is 1. The van der Waals surface area contributed by atoms with Crippen molar-refractivity contribution in [3.05, 3.63) is 0 Å². The van der Waals surface area contributed by atoms with E-state index in [4.69, 9.17) is 0 Å². The van der Waals surface area contributed by atoms with Crippen LogP contribution in [0.3, 0.4) is 0 Å². The summed E-state index contributed by atoms with van der Waals surface area (Å²) in [7, 11) is 0. The Labute approximate surface area is 103 Å². The minimum atomic E-state index is -3.96. The molecule has 1 aliphatic rings. The van der Waals surface area contributed by atoms with E-state index >= 15 is 0 Å². The maximum Gasteiger partial charge on any atom is 0.389 e. The average molecular weight is 250 g/mol. The van der Waals surface area contributed by atoms with Gasteiger partial charge in [0.1, 0.15) is 0 Å². The molecule has 0 saturated heterocycles. The van der Waals surface area contributed by atoms with E-state index in [9.17, 15) is 13.2 Å². The Morgan fingerprint density at radius 2 is 1.59 bits per heavy atom. The van der Waals surface area contributed by atoms with Gasteiger partial charge in [0.25, 0.3) is 0 Å². The van der Waals surface area contributed by atoms with Gasteiger partial charge < -0.3 is 0 Å². The van der Waals surface area contributed by atoms with Crippen molar-refractivity contribution in [2.45, 2.75) is 77.3 Å². The van der Waals surface area contributed by atoms with Gasteiger partial charge in [-0.1, -0.05) is 51.9 Å². The first-order valence-electron chi connectivity index (χ1n) is 7.08. The Morgan fingerprint density at radius 1 is 1.00 bits per heavy atom. The summed E-state index contributed by atoms with van der Waals surface area (Å²) in [5.74, 6) is 1.35. The molecule has 17 heavy (non-hydrogen) atoms. The molecule has 1 saturated carbocycles. The zero-order valence-corrected chi connectivity index (χ0v) is 10.9. The first kappa shape index (κ1) is 14.8. The second-order valence-electron chi connectivity index (χ2n) is 5.55. The zero-order valence-electron chi connectivity index (χ0n) is 10.9. The monoisotopic (exact) mass is 250 g/mol. The molecule has 0 aromatic rings. The van der Waals surface area contributed by atoms with Gasteiger partial charge in [-0.3, -0.25) is 0 Å². The molecule has 2 atom stereocenters. The van der Waals surface area contributed by atoms with Crippen LogP contribution in [0.25, 0.3) is 0 Å². The fraction of sp³-hybridized carbons (Fsp3) is 1.00. The minimum absolute atomic E-state index is 0.328. The predicted molar refractivity (Wildman–Crippen MR) is 64.9 cm³/mol. The van der Waals surface area contributed by atoms with E-state index < -0.39 is 12.6 Å². The van der Waals surface area contributed by atoms with Crippen LogP contribution in [0.15, 0.2) is 0 Å². The van der Waals surface area contributed by atoms with Crippen molar-refractivity contribution in [2.75, 3.05) is 0 Å². The average Bonchev–Trinajstić information content (AvgIpc) is 2.25. The van der Waals surface area contributed by atoms with Gasteiger partial charge in [-0.25, -0.2) is 0 Å². The number of hydrogen-bond donors (Lipinski definition) is 0. The fourth-order valence-electron chi connectivity index (χ4n) is 3.01. The zero-order chi connectivity index (χ0) is 12.7. The van der Waals surface area contributed by atoms with Gasteiger partial charge in [0.2, 0.25) is 0 Å². The van der Waals surface area contributed by atoms with Crippen LogP contribution >= 0.6 is 0 Å². The molecule has 0 heterocycles. The lowest BCUT2D eigenvalue weighted by Crippen LogP contribution is -2.16. The smallest absolute Gasteiger partial charge is 0.171 e. The molecule has 0 aliphatic heterocycles. The molecule has 1 rings (SSSR count). The lowest BCUT2D eigenvalue weighted by atomic mass is 9.77. The lowest BCUT2D eigenvalue weighted by Gasteiger charge is -2.29. The molecule has 2 unspecified atom stereocenters. The van der Waals surface area contributed by atoms with Crippen LogP contribution in [0.2, 0.25) is 0 Å². The predicted octanol–water partition coefficient (Wildman–Crippen LogP) is 5.72. The lowest BCUT2D eigenvalue weighted by molar-refractivity contribution is -0.136. The standard InChI is InChI=1S/C14H25F3/c1-2-3-6-12-7-4-8-13(11-12)9-5-10-14(15,16)17/h12-13H,2-11H2,1H3. The maximum absolute atomic E-state index is 12.1. The van der Waals surface area contributed by atoms with Crippen molar-refractivity contribution in [3.8, 4) is 0 Å². The number of alkyl halides is 3. The molecular formula is C14H25F3. The Hall–Kier alpha value is -0.210. The first-order chi connectivity index (χ1) is 8.01. The second kappa shape index (κ2) is 7.27. The van der Waals surface area contributed by atoms with Gasteiger partial charge in [0.15, 0.2) is 0 Å². The van der Waals surface area contributed by atoms with Crippen molar-refractivity contribution in [1.29, 1.82) is 0 Å². The molecule has 0 aromatic carbocycles. The highest BCUT2D eigenvalue weighted by Crippen LogP contribution is 2.35. The van der Waals surface area contributed by atoms with Crippen molar-refractivity contribution in [3.63, 3.8) is 0 Å². The molecule has 0 nitrogen and oxygen atoms in total. The molecule has 102 valence electrons. The van der Waals surface area contributed by atoms with Crippen LogP contribution in [0.1, 0.15) is 71.1 Å². The summed E-state index contributed by atoms with van der Waals surface area (Å²) in [6.45, 7) is 2.20. The van der Waals surface area contributed by atoms with Crippen molar-refractivity contribution in [2.24, 2.45) is 11.8 Å². The summed E-state index contributed by atoms with van der Waals surface area (Å²) in [4.78, 5) is 0. The first-order valence-corrected chi connectivity index (χ1v) is 7.08. The SMILES string of the molecule is CCCCC1CCCC(CCCC(F)(F)F)C1. The third-order valence-corrected chi connectivity index (χ3v) is 3.93. The molecule has 0 spiro atoms. The highest BCUT2D eigenvalue weighted by molar-refractivity contribution is 4.73. The molecule has 0 bridgehead atoms. The van der Waals surface area contributed by atoms with Crippen LogP contribution < -0.4 is 0 Å². The summed E-state index contributed by atoms with van der Waals surface area (Å²) < 4.78 is 36.2. The van der Waals surface area contributed by atoms with E-state index in [1.165, 1.54) is 38.5 Å². The molecule has 3 heteroatoms. The van der Waals surface area contributed by atoms with Crippen LogP contribution in [0.4, 0.5) is 13.2 Å². The van der Waals surface area contributed by atoms with Gasteiger partial charge in [-0.2, -0.15) is 13.2 Å². The Balaban J connectivity index is 2.16. The van der Waals surface area contributed by atoms with Gasteiger partial charge in [-0.15, -0.1) is 0 Å². The molecular weight excluding hydrogens is 225 g/mol. The number of hydrogen-bond acceptors (Lipinski definition) is 0. The van der Waals surface area contributed by atoms with Gasteiger partial charge in [0, 0.05) is 6.42 Å². The van der Waals surface area contributed by atoms with Gasteiger partial charge >= 0.3 is 6.18 Å². The summed E-state index contributed by atoms with van der Waals surface area (Å²) >= 11 is 0. The summed E-state index contributed by atoms with van der Waals surface area (Å²) in [6, 6.07) is 0. The number of rotatable bonds is 6. The molecule has 0 radical (unpaired) electrons. The Kier molecular flexibility index (Phi) is 6.35. The quantitative estimate of drug-likeness (QED) is 0.566. The second-order valence-corrected chi connectivity index (χ2v) is 5.55. The molecule has 0 N–H and O–H groups in total. The van der Waals surface area contributed by atoms with Crippen LogP contribution in [-0.2, 0) is 0 Å². The topological polar surface area (TPSA) is 0 Å². The van der Waals surface area contributed by atoms with E-state index in [-0.39, 0.29) is 0 Å². The van der Waals surface area contributed by atoms with E-state index in [0.29, 0.717) is 12.3 Å². The van der Waals surface area contributed by atoms with E-state index in [1.54, 1.807) is 0 Å². The Morgan fingerprint density at radius 3 is 2.12 bits per heavy atom. The van der Waals surface area contributed by atoms with Crippen molar-refractivity contribution >= 4 is 0 Å². The van der Waals surface area contributed by atoms with E-state index in [2.05, 4.69) is 6.92 Å². The van der Waals surface area contributed by atoms with Crippen LogP contribution in [0, 0.1) is 11.8 Å².